The summed E-state index contributed by atoms with van der Waals surface area (Å²) in [6.45, 7) is 0. The van der Waals surface area contributed by atoms with Crippen LogP contribution in [-0.2, 0) is 6.42 Å². The molecule has 1 aromatic heterocycles. The van der Waals surface area contributed by atoms with Gasteiger partial charge < -0.3 is 9.47 Å². The van der Waals surface area contributed by atoms with E-state index in [1.807, 2.05) is 29.6 Å². The van der Waals surface area contributed by atoms with Gasteiger partial charge in [0.15, 0.2) is 5.78 Å². The minimum absolute atomic E-state index is 0.0592. The maximum Gasteiger partial charge on any atom is 0.180 e. The van der Waals surface area contributed by atoms with Crippen LogP contribution in [0.3, 0.4) is 0 Å². The second kappa shape index (κ2) is 6.21. The van der Waals surface area contributed by atoms with Crippen molar-refractivity contribution in [2.24, 2.45) is 0 Å². The van der Waals surface area contributed by atoms with Crippen molar-refractivity contribution in [1.82, 2.24) is 0 Å². The predicted octanol–water partition coefficient (Wildman–Crippen LogP) is 3.95. The second-order valence-corrected chi connectivity index (χ2v) is 5.66. The third kappa shape index (κ3) is 3.16. The Morgan fingerprint density at radius 1 is 1.21 bits per heavy atom. The average molecular weight is 341 g/mol. The number of thiophene rings is 1. The zero-order valence-electron chi connectivity index (χ0n) is 10.6. The highest BCUT2D eigenvalue weighted by molar-refractivity contribution is 9.10. The Morgan fingerprint density at radius 3 is 2.58 bits per heavy atom. The minimum atomic E-state index is 0.0592. The Labute approximate surface area is 124 Å². The summed E-state index contributed by atoms with van der Waals surface area (Å²) in [7, 11) is 3.18. The Balaban J connectivity index is 2.17. The maximum atomic E-state index is 12.2. The van der Waals surface area contributed by atoms with E-state index in [0.29, 0.717) is 17.0 Å². The van der Waals surface area contributed by atoms with Crippen LogP contribution in [0.4, 0.5) is 0 Å². The second-order valence-electron chi connectivity index (χ2n) is 3.89. The molecule has 0 aliphatic carbocycles. The van der Waals surface area contributed by atoms with Gasteiger partial charge in [-0.2, -0.15) is 0 Å². The summed E-state index contributed by atoms with van der Waals surface area (Å²) in [6.07, 6.45) is 0.347. The van der Waals surface area contributed by atoms with Gasteiger partial charge in [0.2, 0.25) is 0 Å². The lowest BCUT2D eigenvalue weighted by Crippen LogP contribution is -2.03. The standard InChI is InChI=1S/C14H13BrO3S/c1-17-12-4-3-9(7-10(12)15)8-11(16)14-13(18-2)5-6-19-14/h3-7H,8H2,1-2H3. The molecule has 0 spiro atoms. The van der Waals surface area contributed by atoms with Gasteiger partial charge in [-0.05, 0) is 45.1 Å². The Morgan fingerprint density at radius 2 is 1.95 bits per heavy atom. The molecular weight excluding hydrogens is 328 g/mol. The van der Waals surface area contributed by atoms with Crippen molar-refractivity contribution in [2.45, 2.75) is 6.42 Å². The Hall–Kier alpha value is -1.33. The number of benzene rings is 1. The van der Waals surface area contributed by atoms with E-state index < -0.39 is 0 Å². The molecule has 0 amide bonds. The molecule has 1 heterocycles. The number of Topliss-reactive ketones (excluding diaryl/α,β-unsaturated/α-hetero) is 1. The normalized spacial score (nSPS) is 10.3. The van der Waals surface area contributed by atoms with Crippen molar-refractivity contribution >= 4 is 33.0 Å². The number of rotatable bonds is 5. The molecule has 2 rings (SSSR count). The Bertz CT molecular complexity index is 592. The number of methoxy groups -OCH3 is 2. The fourth-order valence-corrected chi connectivity index (χ4v) is 3.13. The molecule has 0 saturated carbocycles. The first-order chi connectivity index (χ1) is 9.15. The molecule has 3 nitrogen and oxygen atoms in total. The number of hydrogen-bond acceptors (Lipinski definition) is 4. The first-order valence-electron chi connectivity index (χ1n) is 5.62. The predicted molar refractivity (Wildman–Crippen MR) is 79.6 cm³/mol. The van der Waals surface area contributed by atoms with Crippen LogP contribution in [0, 0.1) is 0 Å². The van der Waals surface area contributed by atoms with Crippen LogP contribution < -0.4 is 9.47 Å². The number of ketones is 1. The first kappa shape index (κ1) is 14.1. The quantitative estimate of drug-likeness (QED) is 0.773. The average Bonchev–Trinajstić information content (AvgIpc) is 2.87. The monoisotopic (exact) mass is 340 g/mol. The summed E-state index contributed by atoms with van der Waals surface area (Å²) in [5.74, 6) is 1.45. The number of ether oxygens (including phenoxy) is 2. The third-order valence-corrected chi connectivity index (χ3v) is 4.24. The number of halogens is 1. The highest BCUT2D eigenvalue weighted by Gasteiger charge is 2.15. The summed E-state index contributed by atoms with van der Waals surface area (Å²) in [5, 5.41) is 1.86. The number of hydrogen-bond donors (Lipinski definition) is 0. The van der Waals surface area contributed by atoms with E-state index in [1.54, 1.807) is 14.2 Å². The van der Waals surface area contributed by atoms with Crippen molar-refractivity contribution in [1.29, 1.82) is 0 Å². The van der Waals surface area contributed by atoms with Gasteiger partial charge in [0.25, 0.3) is 0 Å². The molecule has 0 aliphatic rings. The first-order valence-corrected chi connectivity index (χ1v) is 7.30. The van der Waals surface area contributed by atoms with Gasteiger partial charge in [-0.3, -0.25) is 4.79 Å². The summed E-state index contributed by atoms with van der Waals surface area (Å²) in [5.41, 5.74) is 0.938. The van der Waals surface area contributed by atoms with Gasteiger partial charge in [0, 0.05) is 6.42 Å². The fraction of sp³-hybridized carbons (Fsp3) is 0.214. The highest BCUT2D eigenvalue weighted by Crippen LogP contribution is 2.28. The van der Waals surface area contributed by atoms with Gasteiger partial charge in [-0.15, -0.1) is 11.3 Å². The van der Waals surface area contributed by atoms with Crippen LogP contribution in [0.15, 0.2) is 34.1 Å². The zero-order chi connectivity index (χ0) is 13.8. The molecule has 0 unspecified atom stereocenters. The molecule has 0 radical (unpaired) electrons. The van der Waals surface area contributed by atoms with Crippen LogP contribution in [0.2, 0.25) is 0 Å². The van der Waals surface area contributed by atoms with Crippen LogP contribution in [-0.4, -0.2) is 20.0 Å². The molecule has 0 N–H and O–H groups in total. The zero-order valence-corrected chi connectivity index (χ0v) is 13.0. The molecule has 0 saturated heterocycles. The molecule has 0 aliphatic heterocycles. The molecule has 0 bridgehead atoms. The van der Waals surface area contributed by atoms with E-state index in [4.69, 9.17) is 9.47 Å². The molecule has 0 fully saturated rings. The molecule has 0 atom stereocenters. The van der Waals surface area contributed by atoms with E-state index in [9.17, 15) is 4.79 Å². The van der Waals surface area contributed by atoms with E-state index in [-0.39, 0.29) is 5.78 Å². The molecule has 1 aromatic carbocycles. The van der Waals surface area contributed by atoms with Crippen molar-refractivity contribution in [2.75, 3.05) is 14.2 Å². The summed E-state index contributed by atoms with van der Waals surface area (Å²) < 4.78 is 11.2. The third-order valence-electron chi connectivity index (χ3n) is 2.68. The van der Waals surface area contributed by atoms with Crippen molar-refractivity contribution in [3.8, 4) is 11.5 Å². The largest absolute Gasteiger partial charge is 0.496 e. The van der Waals surface area contributed by atoms with Crippen molar-refractivity contribution in [3.05, 3.63) is 44.6 Å². The van der Waals surface area contributed by atoms with E-state index >= 15 is 0 Å². The lowest BCUT2D eigenvalue weighted by molar-refractivity contribution is 0.0994. The van der Waals surface area contributed by atoms with Crippen LogP contribution >= 0.6 is 27.3 Å². The van der Waals surface area contributed by atoms with Gasteiger partial charge in [-0.25, -0.2) is 0 Å². The molecule has 2 aromatic rings. The smallest absolute Gasteiger partial charge is 0.180 e. The van der Waals surface area contributed by atoms with Crippen molar-refractivity contribution in [3.63, 3.8) is 0 Å². The van der Waals surface area contributed by atoms with E-state index in [2.05, 4.69) is 15.9 Å². The molecule has 100 valence electrons. The van der Waals surface area contributed by atoms with E-state index in [1.165, 1.54) is 11.3 Å². The molecular formula is C14H13BrO3S. The maximum absolute atomic E-state index is 12.2. The van der Waals surface area contributed by atoms with Crippen molar-refractivity contribution < 1.29 is 14.3 Å². The topological polar surface area (TPSA) is 35.5 Å². The summed E-state index contributed by atoms with van der Waals surface area (Å²) >= 11 is 4.82. The van der Waals surface area contributed by atoms with Gasteiger partial charge in [0.1, 0.15) is 16.4 Å². The summed E-state index contributed by atoms with van der Waals surface area (Å²) in [6, 6.07) is 7.44. The fourth-order valence-electron chi connectivity index (χ4n) is 1.75. The minimum Gasteiger partial charge on any atom is -0.496 e. The van der Waals surface area contributed by atoms with Crippen LogP contribution in [0.25, 0.3) is 0 Å². The number of carbonyl (C=O) groups is 1. The van der Waals surface area contributed by atoms with Crippen LogP contribution in [0.1, 0.15) is 15.2 Å². The molecule has 5 heteroatoms. The van der Waals surface area contributed by atoms with Gasteiger partial charge in [0.05, 0.1) is 18.7 Å². The van der Waals surface area contributed by atoms with Gasteiger partial charge in [-0.1, -0.05) is 6.07 Å². The number of carbonyl (C=O) groups excluding carboxylic acids is 1. The summed E-state index contributed by atoms with van der Waals surface area (Å²) in [4.78, 5) is 12.9. The van der Waals surface area contributed by atoms with Gasteiger partial charge >= 0.3 is 0 Å². The highest BCUT2D eigenvalue weighted by atomic mass is 79.9. The lowest BCUT2D eigenvalue weighted by atomic mass is 10.1. The SMILES string of the molecule is COc1ccc(CC(=O)c2sccc2OC)cc1Br. The lowest BCUT2D eigenvalue weighted by Gasteiger charge is -2.06. The molecule has 19 heavy (non-hydrogen) atoms. The van der Waals surface area contributed by atoms with E-state index in [0.717, 1.165) is 15.8 Å². The Kier molecular flexibility index (Phi) is 4.61. The van der Waals surface area contributed by atoms with Crippen LogP contribution in [0.5, 0.6) is 11.5 Å².